The summed E-state index contributed by atoms with van der Waals surface area (Å²) in [7, 11) is 0. The van der Waals surface area contributed by atoms with Gasteiger partial charge in [0.1, 0.15) is 0 Å². The first-order chi connectivity index (χ1) is 20.5. The van der Waals surface area contributed by atoms with E-state index >= 15 is 0 Å². The summed E-state index contributed by atoms with van der Waals surface area (Å²) in [5.41, 5.74) is 25.2. The van der Waals surface area contributed by atoms with Crippen LogP contribution in [0.5, 0.6) is 0 Å². The summed E-state index contributed by atoms with van der Waals surface area (Å²) < 4.78 is 0. The van der Waals surface area contributed by atoms with E-state index in [0.29, 0.717) is 0 Å². The number of hydrogen-bond acceptors (Lipinski definition) is 2. The van der Waals surface area contributed by atoms with Crippen LogP contribution in [0.3, 0.4) is 0 Å². The summed E-state index contributed by atoms with van der Waals surface area (Å²) in [4.78, 5) is 0. The largest absolute Gasteiger partial charge is 0.399 e. The van der Waals surface area contributed by atoms with Crippen molar-refractivity contribution < 1.29 is 0 Å². The van der Waals surface area contributed by atoms with Gasteiger partial charge in [-0.05, 0) is 133 Å². The molecule has 0 amide bonds. The van der Waals surface area contributed by atoms with Crippen molar-refractivity contribution in [2.75, 3.05) is 11.5 Å². The lowest BCUT2D eigenvalue weighted by Crippen LogP contribution is -1.99. The van der Waals surface area contributed by atoms with E-state index < -0.39 is 0 Å². The van der Waals surface area contributed by atoms with Crippen LogP contribution in [-0.4, -0.2) is 0 Å². The molecule has 0 fully saturated rings. The molecule has 4 N–H and O–H groups in total. The van der Waals surface area contributed by atoms with Crippen LogP contribution in [0.25, 0.3) is 0 Å². The molecule has 0 saturated heterocycles. The topological polar surface area (TPSA) is 52.0 Å². The third kappa shape index (κ3) is 10.1. The van der Waals surface area contributed by atoms with Crippen LogP contribution in [0.4, 0.5) is 11.4 Å². The molecule has 222 valence electrons. The molecule has 42 heavy (non-hydrogen) atoms. The fourth-order valence-corrected chi connectivity index (χ4v) is 5.94. The Hall–Kier alpha value is -3.52. The van der Waals surface area contributed by atoms with Gasteiger partial charge in [0.2, 0.25) is 0 Å². The quantitative estimate of drug-likeness (QED) is 0.0997. The first-order valence-corrected chi connectivity index (χ1v) is 16.4. The molecule has 4 rings (SSSR count). The molecule has 2 nitrogen and oxygen atoms in total. The summed E-state index contributed by atoms with van der Waals surface area (Å²) in [6, 6.07) is 31.4. The van der Waals surface area contributed by atoms with E-state index in [1.807, 2.05) is 12.1 Å². The average Bonchev–Trinajstić information content (AvgIpc) is 3.00. The summed E-state index contributed by atoms with van der Waals surface area (Å²) >= 11 is 0. The maximum absolute atomic E-state index is 6.06. The van der Waals surface area contributed by atoms with Crippen LogP contribution in [0.15, 0.2) is 84.9 Å². The smallest absolute Gasteiger partial charge is 0.0316 e. The standard InChI is InChI=1S/C40H52N2/c1-3-5-13-35-29-39(41)25-23-37(35)27-33-19-15-31(16-20-33)11-9-7-8-10-12-32-17-21-34(22-18-32)28-38-24-26-40(42)30-36(38)14-6-4-2/h15-26,29-30H,3-14,27-28,41-42H2,1-2H3. The second-order valence-corrected chi connectivity index (χ2v) is 12.2. The minimum Gasteiger partial charge on any atom is -0.399 e. The zero-order valence-corrected chi connectivity index (χ0v) is 26.1. The molecule has 0 aromatic heterocycles. The molecular weight excluding hydrogens is 508 g/mol. The Labute approximate surface area is 255 Å². The SMILES string of the molecule is CCCCc1cc(N)ccc1Cc1ccc(CCCCCCc2ccc(Cc3ccc(N)cc3CCCC)cc2)cc1. The summed E-state index contributed by atoms with van der Waals surface area (Å²) in [6.45, 7) is 4.49. The van der Waals surface area contributed by atoms with E-state index in [1.165, 1.54) is 109 Å². The molecular formula is C40H52N2. The molecule has 0 atom stereocenters. The van der Waals surface area contributed by atoms with Gasteiger partial charge in [-0.25, -0.2) is 0 Å². The molecule has 0 bridgehead atoms. The van der Waals surface area contributed by atoms with Gasteiger partial charge in [0.15, 0.2) is 0 Å². The number of rotatable bonds is 17. The highest BCUT2D eigenvalue weighted by molar-refractivity contribution is 5.47. The predicted molar refractivity (Wildman–Crippen MR) is 183 cm³/mol. The zero-order valence-electron chi connectivity index (χ0n) is 26.1. The molecule has 0 saturated carbocycles. The van der Waals surface area contributed by atoms with E-state index in [-0.39, 0.29) is 0 Å². The second kappa shape index (κ2) is 16.8. The maximum Gasteiger partial charge on any atom is 0.0316 e. The first kappa shape index (κ1) is 31.4. The van der Waals surface area contributed by atoms with Gasteiger partial charge in [-0.1, -0.05) is 100 Å². The number of nitrogen functional groups attached to an aromatic ring is 2. The fourth-order valence-electron chi connectivity index (χ4n) is 5.94. The third-order valence-electron chi connectivity index (χ3n) is 8.58. The lowest BCUT2D eigenvalue weighted by atomic mass is 9.95. The van der Waals surface area contributed by atoms with E-state index in [1.54, 1.807) is 0 Å². The number of aryl methyl sites for hydroxylation is 4. The van der Waals surface area contributed by atoms with Gasteiger partial charge in [-0.15, -0.1) is 0 Å². The Morgan fingerprint density at radius 1 is 0.381 bits per heavy atom. The van der Waals surface area contributed by atoms with Crippen LogP contribution in [0.2, 0.25) is 0 Å². The van der Waals surface area contributed by atoms with Crippen LogP contribution >= 0.6 is 0 Å². The van der Waals surface area contributed by atoms with Crippen LogP contribution in [0, 0.1) is 0 Å². The minimum atomic E-state index is 0.875. The molecule has 0 aliphatic carbocycles. The maximum atomic E-state index is 6.06. The normalized spacial score (nSPS) is 11.2. The molecule has 0 heterocycles. The molecule has 0 aliphatic heterocycles. The Morgan fingerprint density at radius 2 is 0.762 bits per heavy atom. The van der Waals surface area contributed by atoms with Crippen molar-refractivity contribution in [2.24, 2.45) is 0 Å². The highest BCUT2D eigenvalue weighted by Gasteiger charge is 2.07. The van der Waals surface area contributed by atoms with Gasteiger partial charge in [-0.3, -0.25) is 0 Å². The zero-order chi connectivity index (χ0) is 29.6. The van der Waals surface area contributed by atoms with Gasteiger partial charge in [0, 0.05) is 11.4 Å². The molecule has 0 aliphatic rings. The lowest BCUT2D eigenvalue weighted by molar-refractivity contribution is 0.640. The van der Waals surface area contributed by atoms with E-state index in [2.05, 4.69) is 86.6 Å². The molecule has 4 aromatic carbocycles. The van der Waals surface area contributed by atoms with Crippen molar-refractivity contribution in [1.29, 1.82) is 0 Å². The summed E-state index contributed by atoms with van der Waals surface area (Å²) in [5, 5.41) is 0. The van der Waals surface area contributed by atoms with Gasteiger partial charge in [-0.2, -0.15) is 0 Å². The second-order valence-electron chi connectivity index (χ2n) is 12.2. The Bertz CT molecular complexity index is 1240. The number of anilines is 2. The van der Waals surface area contributed by atoms with E-state index in [4.69, 9.17) is 11.5 Å². The highest BCUT2D eigenvalue weighted by Crippen LogP contribution is 2.22. The molecule has 0 spiro atoms. The van der Waals surface area contributed by atoms with Crippen LogP contribution in [-0.2, 0) is 38.5 Å². The Morgan fingerprint density at radius 3 is 1.14 bits per heavy atom. The van der Waals surface area contributed by atoms with Gasteiger partial charge in [0.25, 0.3) is 0 Å². The molecule has 0 radical (unpaired) electrons. The number of nitrogens with two attached hydrogens (primary N) is 2. The lowest BCUT2D eigenvalue weighted by Gasteiger charge is -2.11. The third-order valence-corrected chi connectivity index (χ3v) is 8.58. The molecule has 2 heteroatoms. The Balaban J connectivity index is 1.16. The first-order valence-electron chi connectivity index (χ1n) is 16.4. The van der Waals surface area contributed by atoms with Crippen molar-refractivity contribution in [1.82, 2.24) is 0 Å². The summed E-state index contributed by atoms with van der Waals surface area (Å²) in [6.07, 6.45) is 16.5. The number of hydrogen-bond donors (Lipinski definition) is 2. The summed E-state index contributed by atoms with van der Waals surface area (Å²) in [5.74, 6) is 0. The van der Waals surface area contributed by atoms with Gasteiger partial charge >= 0.3 is 0 Å². The van der Waals surface area contributed by atoms with Crippen LogP contribution in [0.1, 0.15) is 110 Å². The Kier molecular flexibility index (Phi) is 12.6. The van der Waals surface area contributed by atoms with E-state index in [0.717, 1.165) is 37.1 Å². The van der Waals surface area contributed by atoms with Crippen LogP contribution < -0.4 is 11.5 Å². The minimum absolute atomic E-state index is 0.875. The molecule has 4 aromatic rings. The van der Waals surface area contributed by atoms with Crippen molar-refractivity contribution in [3.63, 3.8) is 0 Å². The van der Waals surface area contributed by atoms with Crippen molar-refractivity contribution in [3.8, 4) is 0 Å². The van der Waals surface area contributed by atoms with Crippen molar-refractivity contribution in [3.05, 3.63) is 129 Å². The predicted octanol–water partition coefficient (Wildman–Crippen LogP) is 10.1. The van der Waals surface area contributed by atoms with Gasteiger partial charge < -0.3 is 11.5 Å². The fraction of sp³-hybridized carbons (Fsp3) is 0.400. The van der Waals surface area contributed by atoms with Gasteiger partial charge in [0.05, 0.1) is 0 Å². The molecule has 0 unspecified atom stereocenters. The average molecular weight is 561 g/mol. The highest BCUT2D eigenvalue weighted by atomic mass is 14.5. The monoisotopic (exact) mass is 560 g/mol. The number of benzene rings is 4. The number of unbranched alkanes of at least 4 members (excludes halogenated alkanes) is 5. The van der Waals surface area contributed by atoms with Crippen molar-refractivity contribution >= 4 is 11.4 Å². The van der Waals surface area contributed by atoms with E-state index in [9.17, 15) is 0 Å². The van der Waals surface area contributed by atoms with Crippen molar-refractivity contribution in [2.45, 2.75) is 104 Å².